The van der Waals surface area contributed by atoms with Crippen molar-refractivity contribution in [3.63, 3.8) is 0 Å². The van der Waals surface area contributed by atoms with Crippen molar-refractivity contribution in [2.24, 2.45) is 0 Å². The van der Waals surface area contributed by atoms with E-state index in [4.69, 9.17) is 14.4 Å². The Morgan fingerprint density at radius 2 is 0.906 bits per heavy atom. The summed E-state index contributed by atoms with van der Waals surface area (Å²) in [5.41, 5.74) is 13.7. The number of aromatic nitrogens is 5. The molecule has 0 aliphatic carbocycles. The second kappa shape index (κ2) is 12.4. The molecule has 0 saturated carbocycles. The highest BCUT2D eigenvalue weighted by atomic mass is 16.3. The number of hydrogen-bond acceptors (Lipinski definition) is 3. The predicted molar refractivity (Wildman–Crippen MR) is 264 cm³/mol. The van der Waals surface area contributed by atoms with Crippen molar-refractivity contribution in [1.29, 1.82) is 0 Å². The van der Waals surface area contributed by atoms with Crippen molar-refractivity contribution in [1.82, 2.24) is 23.5 Å². The highest BCUT2D eigenvalue weighted by molar-refractivity contribution is 6.34. The van der Waals surface area contributed by atoms with Crippen LogP contribution in [0.15, 0.2) is 205 Å². The number of para-hydroxylation sites is 5. The molecule has 0 aliphatic heterocycles. The molecule has 6 heteroatoms. The molecule has 0 saturated heterocycles. The first-order valence-electron chi connectivity index (χ1n) is 21.7. The molecule has 0 amide bonds. The van der Waals surface area contributed by atoms with Crippen molar-refractivity contribution < 1.29 is 4.42 Å². The van der Waals surface area contributed by atoms with Crippen molar-refractivity contribution in [3.8, 4) is 34.0 Å². The van der Waals surface area contributed by atoms with Crippen LogP contribution in [-0.4, -0.2) is 23.5 Å². The molecule has 0 atom stereocenters. The van der Waals surface area contributed by atoms with Gasteiger partial charge in [-0.05, 0) is 83.9 Å². The summed E-state index contributed by atoms with van der Waals surface area (Å²) in [5.74, 6) is 1.38. The van der Waals surface area contributed by atoms with Gasteiger partial charge in [0.15, 0.2) is 11.6 Å². The molecular weight excluding hydrogens is 783 g/mol. The highest BCUT2D eigenvalue weighted by Gasteiger charge is 2.28. The zero-order valence-corrected chi connectivity index (χ0v) is 34.2. The van der Waals surface area contributed by atoms with Gasteiger partial charge in [-0.2, -0.15) is 4.98 Å². The maximum Gasteiger partial charge on any atom is 0.233 e. The highest BCUT2D eigenvalue weighted by Crippen LogP contribution is 2.48. The molecule has 0 bridgehead atoms. The zero-order valence-electron chi connectivity index (χ0n) is 34.2. The minimum absolute atomic E-state index is 0.552. The third-order valence-corrected chi connectivity index (χ3v) is 13.6. The van der Waals surface area contributed by atoms with Crippen LogP contribution in [0.25, 0.3) is 138 Å². The van der Waals surface area contributed by atoms with Crippen LogP contribution in [0, 0.1) is 0 Å². The molecule has 0 N–H and O–H groups in total. The molecule has 9 aromatic carbocycles. The number of nitrogens with zero attached hydrogens (tertiary/aromatic N) is 5. The molecule has 0 aliphatic rings. The topological polar surface area (TPSA) is 53.2 Å². The van der Waals surface area contributed by atoms with Gasteiger partial charge in [-0.1, -0.05) is 127 Å². The number of hydrogen-bond donors (Lipinski definition) is 0. The van der Waals surface area contributed by atoms with E-state index in [1.165, 1.54) is 54.4 Å². The fourth-order valence-corrected chi connectivity index (χ4v) is 10.9. The van der Waals surface area contributed by atoms with Crippen molar-refractivity contribution in [3.05, 3.63) is 200 Å². The Kier molecular flexibility index (Phi) is 6.59. The van der Waals surface area contributed by atoms with Crippen molar-refractivity contribution >= 4 is 104 Å². The zero-order chi connectivity index (χ0) is 41.6. The van der Waals surface area contributed by atoms with Crippen LogP contribution in [-0.2, 0) is 0 Å². The summed E-state index contributed by atoms with van der Waals surface area (Å²) in [4.78, 5) is 11.0. The first-order chi connectivity index (χ1) is 31.8. The third kappa shape index (κ3) is 4.43. The lowest BCUT2D eigenvalue weighted by Crippen LogP contribution is -2.02. The maximum absolute atomic E-state index is 6.73. The fourth-order valence-electron chi connectivity index (χ4n) is 10.9. The maximum atomic E-state index is 6.73. The van der Waals surface area contributed by atoms with E-state index in [9.17, 15) is 0 Å². The van der Waals surface area contributed by atoms with Gasteiger partial charge in [0.05, 0.1) is 44.0 Å². The Bertz CT molecular complexity index is 4420. The molecule has 64 heavy (non-hydrogen) atoms. The third-order valence-electron chi connectivity index (χ3n) is 13.6. The van der Waals surface area contributed by atoms with Gasteiger partial charge in [-0.25, -0.2) is 4.98 Å². The molecule has 6 heterocycles. The van der Waals surface area contributed by atoms with Crippen LogP contribution in [0.5, 0.6) is 0 Å². The molecule has 6 aromatic heterocycles. The number of rotatable bonds is 4. The van der Waals surface area contributed by atoms with Crippen LogP contribution in [0.4, 0.5) is 0 Å². The number of furan rings is 1. The van der Waals surface area contributed by atoms with Crippen LogP contribution in [0.1, 0.15) is 0 Å². The van der Waals surface area contributed by atoms with E-state index in [-0.39, 0.29) is 0 Å². The average molecular weight is 816 g/mol. The lowest BCUT2D eigenvalue weighted by molar-refractivity contribution is 0.653. The van der Waals surface area contributed by atoms with E-state index in [0.29, 0.717) is 11.5 Å². The lowest BCUT2D eigenvalue weighted by Gasteiger charge is -2.12. The Labute approximate surface area is 364 Å². The molecule has 0 spiro atoms. The minimum Gasteiger partial charge on any atom is -0.437 e. The van der Waals surface area contributed by atoms with Gasteiger partial charge in [-0.15, -0.1) is 0 Å². The van der Waals surface area contributed by atoms with E-state index < -0.39 is 0 Å². The van der Waals surface area contributed by atoms with Gasteiger partial charge in [0.2, 0.25) is 5.71 Å². The van der Waals surface area contributed by atoms with E-state index in [2.05, 4.69) is 202 Å². The summed E-state index contributed by atoms with van der Waals surface area (Å²) in [6.07, 6.45) is 0. The molecule has 6 nitrogen and oxygen atoms in total. The summed E-state index contributed by atoms with van der Waals surface area (Å²) < 4.78 is 13.9. The number of benzene rings is 9. The molecule has 296 valence electrons. The second-order valence-electron chi connectivity index (χ2n) is 16.9. The van der Waals surface area contributed by atoms with Gasteiger partial charge in [-0.3, -0.25) is 4.57 Å². The van der Waals surface area contributed by atoms with Crippen LogP contribution in [0.2, 0.25) is 0 Å². The summed E-state index contributed by atoms with van der Waals surface area (Å²) in [6.45, 7) is 0. The Hall–Kier alpha value is -8.74. The molecule has 15 rings (SSSR count). The van der Waals surface area contributed by atoms with Crippen molar-refractivity contribution in [2.45, 2.75) is 0 Å². The largest absolute Gasteiger partial charge is 0.437 e. The number of fused-ring (bicyclic) bond motifs is 16. The summed E-state index contributed by atoms with van der Waals surface area (Å²) in [5, 5.41) is 11.4. The van der Waals surface area contributed by atoms with E-state index in [1.54, 1.807) is 0 Å². The first kappa shape index (κ1) is 33.9. The Morgan fingerprint density at radius 1 is 0.344 bits per heavy atom. The van der Waals surface area contributed by atoms with Gasteiger partial charge < -0.3 is 13.4 Å². The summed E-state index contributed by atoms with van der Waals surface area (Å²) >= 11 is 0. The monoisotopic (exact) mass is 815 g/mol. The normalized spacial score (nSPS) is 12.4. The van der Waals surface area contributed by atoms with Gasteiger partial charge >= 0.3 is 0 Å². The van der Waals surface area contributed by atoms with Crippen LogP contribution < -0.4 is 0 Å². The van der Waals surface area contributed by atoms with Gasteiger partial charge in [0.1, 0.15) is 5.58 Å². The van der Waals surface area contributed by atoms with Gasteiger partial charge in [0.25, 0.3) is 0 Å². The fraction of sp³-hybridized carbons (Fsp3) is 0. The second-order valence-corrected chi connectivity index (χ2v) is 16.9. The standard InChI is InChI=1S/C58H33N5O/c1-3-15-34(16-4-1)35-27-29-50-43(31-35)45-33-44-39-20-8-12-24-47(39)62-48-25-13-9-21-40(48)52(54(44)62)55(45)63(50)57-53-41-22-10-14-26-51(41)64-58(53)60-56(59-57)36-28-30-49-42(32-36)38-19-7-11-23-46(38)61(49)37-17-5-2-6-18-37/h1-33H. The molecule has 0 fully saturated rings. The van der Waals surface area contributed by atoms with Crippen LogP contribution >= 0.6 is 0 Å². The van der Waals surface area contributed by atoms with Gasteiger partial charge in [0, 0.05) is 59.7 Å². The summed E-state index contributed by atoms with van der Waals surface area (Å²) in [7, 11) is 0. The minimum atomic E-state index is 0.552. The quantitative estimate of drug-likeness (QED) is 0.178. The molecule has 0 radical (unpaired) electrons. The Balaban J connectivity index is 1.11. The molecule has 0 unspecified atom stereocenters. The van der Waals surface area contributed by atoms with E-state index >= 15 is 0 Å². The van der Waals surface area contributed by atoms with E-state index in [1.807, 2.05) is 12.1 Å². The predicted octanol–water partition coefficient (Wildman–Crippen LogP) is 15.1. The molecular formula is C58H33N5O. The lowest BCUT2D eigenvalue weighted by atomic mass is 10.0. The van der Waals surface area contributed by atoms with Crippen LogP contribution in [0.3, 0.4) is 0 Å². The smallest absolute Gasteiger partial charge is 0.233 e. The Morgan fingerprint density at radius 3 is 1.70 bits per heavy atom. The molecule has 15 aromatic rings. The summed E-state index contributed by atoms with van der Waals surface area (Å²) in [6, 6.07) is 71.7. The van der Waals surface area contributed by atoms with E-state index in [0.717, 1.165) is 71.8 Å². The first-order valence-corrected chi connectivity index (χ1v) is 21.7. The SMILES string of the molecule is c1ccc(-c2ccc3c(c2)c2cc4c5ccccc5n5c6ccccc6c(c2n3-c2nc(-c3ccc6c(c3)c3ccccc3n6-c3ccccc3)nc3oc6ccccc6c23)c45)cc1. The van der Waals surface area contributed by atoms with Crippen molar-refractivity contribution in [2.75, 3.05) is 0 Å². The average Bonchev–Trinajstić information content (AvgIpc) is 4.16.